The lowest BCUT2D eigenvalue weighted by Crippen LogP contribution is -2.15. The van der Waals surface area contributed by atoms with Crippen molar-refractivity contribution in [3.05, 3.63) is 59.4 Å². The van der Waals surface area contributed by atoms with Gasteiger partial charge in [-0.25, -0.2) is 4.39 Å². The van der Waals surface area contributed by atoms with E-state index in [2.05, 4.69) is 5.32 Å². The average Bonchev–Trinajstić information content (AvgIpc) is 3.26. The molecule has 1 saturated carbocycles. The fourth-order valence-electron chi connectivity index (χ4n) is 2.02. The Labute approximate surface area is 118 Å². The van der Waals surface area contributed by atoms with E-state index in [1.165, 1.54) is 12.8 Å². The van der Waals surface area contributed by atoms with Crippen molar-refractivity contribution in [3.63, 3.8) is 0 Å². The maximum Gasteiger partial charge on any atom is 0.166 e. The van der Waals surface area contributed by atoms with Gasteiger partial charge in [-0.05, 0) is 49.6 Å². The maximum absolute atomic E-state index is 14.0. The van der Waals surface area contributed by atoms with Crippen LogP contribution < -0.4 is 10.1 Å². The zero-order chi connectivity index (χ0) is 13.9. The van der Waals surface area contributed by atoms with Gasteiger partial charge in [-0.1, -0.05) is 23.8 Å². The van der Waals surface area contributed by atoms with Crippen LogP contribution in [0.1, 0.15) is 24.0 Å². The summed E-state index contributed by atoms with van der Waals surface area (Å²) in [5.41, 5.74) is 2.10. The zero-order valence-corrected chi connectivity index (χ0v) is 11.5. The average molecular weight is 271 g/mol. The van der Waals surface area contributed by atoms with Crippen molar-refractivity contribution in [1.82, 2.24) is 5.32 Å². The Morgan fingerprint density at radius 3 is 2.55 bits per heavy atom. The van der Waals surface area contributed by atoms with Crippen molar-refractivity contribution in [2.75, 3.05) is 0 Å². The summed E-state index contributed by atoms with van der Waals surface area (Å²) in [4.78, 5) is 0. The van der Waals surface area contributed by atoms with Gasteiger partial charge in [-0.3, -0.25) is 0 Å². The zero-order valence-electron chi connectivity index (χ0n) is 11.5. The molecule has 2 aromatic rings. The Kier molecular flexibility index (Phi) is 3.70. The molecule has 3 rings (SSSR count). The van der Waals surface area contributed by atoms with E-state index in [9.17, 15) is 4.39 Å². The highest BCUT2D eigenvalue weighted by Gasteiger charge is 2.20. The third-order valence-electron chi connectivity index (χ3n) is 3.42. The Hall–Kier alpha value is -1.87. The van der Waals surface area contributed by atoms with Crippen LogP contribution in [-0.2, 0) is 6.54 Å². The summed E-state index contributed by atoms with van der Waals surface area (Å²) in [7, 11) is 0. The van der Waals surface area contributed by atoms with Crippen LogP contribution in [0.4, 0.5) is 4.39 Å². The molecule has 0 atom stereocenters. The predicted octanol–water partition coefficient (Wildman–Crippen LogP) is 4.18. The predicted molar refractivity (Wildman–Crippen MR) is 77.5 cm³/mol. The van der Waals surface area contributed by atoms with Gasteiger partial charge in [0.25, 0.3) is 0 Å². The van der Waals surface area contributed by atoms with Gasteiger partial charge in [0.15, 0.2) is 11.6 Å². The van der Waals surface area contributed by atoms with Gasteiger partial charge in [0, 0.05) is 12.6 Å². The molecule has 0 saturated heterocycles. The molecule has 0 unspecified atom stereocenters. The fourth-order valence-corrected chi connectivity index (χ4v) is 2.02. The van der Waals surface area contributed by atoms with Gasteiger partial charge < -0.3 is 10.1 Å². The molecular formula is C17H18FNO. The number of nitrogens with one attached hydrogen (secondary N) is 1. The van der Waals surface area contributed by atoms with Gasteiger partial charge in [-0.15, -0.1) is 0 Å². The molecule has 0 spiro atoms. The van der Waals surface area contributed by atoms with Crippen LogP contribution in [0.5, 0.6) is 11.5 Å². The van der Waals surface area contributed by atoms with Crippen molar-refractivity contribution in [1.29, 1.82) is 0 Å². The van der Waals surface area contributed by atoms with Crippen LogP contribution in [0.2, 0.25) is 0 Å². The lowest BCUT2D eigenvalue weighted by molar-refractivity contribution is 0.441. The Bertz CT molecular complexity index is 590. The number of halogens is 1. The molecule has 1 N–H and O–H groups in total. The minimum atomic E-state index is -0.319. The van der Waals surface area contributed by atoms with Crippen molar-refractivity contribution >= 4 is 0 Å². The van der Waals surface area contributed by atoms with Crippen LogP contribution in [0.25, 0.3) is 0 Å². The van der Waals surface area contributed by atoms with Crippen LogP contribution >= 0.6 is 0 Å². The molecule has 104 valence electrons. The highest BCUT2D eigenvalue weighted by molar-refractivity contribution is 5.35. The largest absolute Gasteiger partial charge is 0.454 e. The van der Waals surface area contributed by atoms with Gasteiger partial charge >= 0.3 is 0 Å². The molecule has 0 aliphatic heterocycles. The van der Waals surface area contributed by atoms with Gasteiger partial charge in [0.2, 0.25) is 0 Å². The third kappa shape index (κ3) is 3.36. The Morgan fingerprint density at radius 2 is 1.90 bits per heavy atom. The summed E-state index contributed by atoms with van der Waals surface area (Å²) in [6.07, 6.45) is 2.47. The normalized spacial score (nSPS) is 14.3. The van der Waals surface area contributed by atoms with E-state index in [1.807, 2.05) is 37.3 Å². The quantitative estimate of drug-likeness (QED) is 0.881. The first-order chi connectivity index (χ1) is 9.70. The highest BCUT2D eigenvalue weighted by Crippen LogP contribution is 2.26. The number of hydrogen-bond acceptors (Lipinski definition) is 2. The number of aryl methyl sites for hydroxylation is 1. The van der Waals surface area contributed by atoms with Crippen molar-refractivity contribution in [2.45, 2.75) is 32.4 Å². The van der Waals surface area contributed by atoms with E-state index in [1.54, 1.807) is 12.1 Å². The molecule has 2 aromatic carbocycles. The summed E-state index contributed by atoms with van der Waals surface area (Å²) in [6.45, 7) is 2.72. The summed E-state index contributed by atoms with van der Waals surface area (Å²) in [5, 5.41) is 3.37. The van der Waals surface area contributed by atoms with E-state index in [4.69, 9.17) is 4.74 Å². The van der Waals surface area contributed by atoms with Crippen LogP contribution in [0.3, 0.4) is 0 Å². The maximum atomic E-state index is 14.0. The van der Waals surface area contributed by atoms with E-state index >= 15 is 0 Å². The van der Waals surface area contributed by atoms with Crippen LogP contribution in [-0.4, -0.2) is 6.04 Å². The van der Waals surface area contributed by atoms with Crippen molar-refractivity contribution in [2.24, 2.45) is 0 Å². The van der Waals surface area contributed by atoms with E-state index in [0.717, 1.165) is 11.1 Å². The molecule has 1 aliphatic carbocycles. The topological polar surface area (TPSA) is 21.3 Å². The number of rotatable bonds is 5. The number of hydrogen-bond donors (Lipinski definition) is 1. The third-order valence-corrected chi connectivity index (χ3v) is 3.42. The molecule has 0 aromatic heterocycles. The lowest BCUT2D eigenvalue weighted by Gasteiger charge is -2.09. The summed E-state index contributed by atoms with van der Waals surface area (Å²) < 4.78 is 19.6. The molecule has 0 heterocycles. The second-order valence-corrected chi connectivity index (χ2v) is 5.34. The van der Waals surface area contributed by atoms with Crippen LogP contribution in [0.15, 0.2) is 42.5 Å². The highest BCUT2D eigenvalue weighted by atomic mass is 19.1. The van der Waals surface area contributed by atoms with E-state index in [-0.39, 0.29) is 11.6 Å². The first-order valence-electron chi connectivity index (χ1n) is 6.97. The standard InChI is InChI=1S/C17H18FNO/c1-12-2-7-15(8-3-12)20-17-9-4-13(10-16(17)18)11-19-14-5-6-14/h2-4,7-10,14,19H,5-6,11H2,1H3. The number of ether oxygens (including phenoxy) is 1. The summed E-state index contributed by atoms with van der Waals surface area (Å²) >= 11 is 0. The summed E-state index contributed by atoms with van der Waals surface area (Å²) in [5.74, 6) is 0.600. The second-order valence-electron chi connectivity index (χ2n) is 5.34. The van der Waals surface area contributed by atoms with E-state index < -0.39 is 0 Å². The molecule has 2 nitrogen and oxygen atoms in total. The first-order valence-corrected chi connectivity index (χ1v) is 6.97. The van der Waals surface area contributed by atoms with Crippen molar-refractivity contribution in [3.8, 4) is 11.5 Å². The van der Waals surface area contributed by atoms with Crippen LogP contribution in [0, 0.1) is 12.7 Å². The molecule has 1 aliphatic rings. The molecule has 0 amide bonds. The SMILES string of the molecule is Cc1ccc(Oc2ccc(CNC3CC3)cc2F)cc1. The molecule has 20 heavy (non-hydrogen) atoms. The Morgan fingerprint density at radius 1 is 1.15 bits per heavy atom. The second kappa shape index (κ2) is 5.63. The fraction of sp³-hybridized carbons (Fsp3) is 0.294. The van der Waals surface area contributed by atoms with Gasteiger partial charge in [-0.2, -0.15) is 0 Å². The molecule has 0 bridgehead atoms. The molecule has 3 heteroatoms. The summed E-state index contributed by atoms with van der Waals surface area (Å²) in [6, 6.07) is 13.3. The number of benzene rings is 2. The van der Waals surface area contributed by atoms with Crippen molar-refractivity contribution < 1.29 is 9.13 Å². The lowest BCUT2D eigenvalue weighted by atomic mass is 10.2. The smallest absolute Gasteiger partial charge is 0.166 e. The molecule has 1 fully saturated rings. The molecule has 0 radical (unpaired) electrons. The first kappa shape index (κ1) is 13.1. The van der Waals surface area contributed by atoms with Gasteiger partial charge in [0.05, 0.1) is 0 Å². The monoisotopic (exact) mass is 271 g/mol. The molecular weight excluding hydrogens is 253 g/mol. The minimum Gasteiger partial charge on any atom is -0.454 e. The minimum absolute atomic E-state index is 0.268. The van der Waals surface area contributed by atoms with E-state index in [0.29, 0.717) is 18.3 Å². The van der Waals surface area contributed by atoms with Gasteiger partial charge in [0.1, 0.15) is 5.75 Å². The Balaban J connectivity index is 1.68.